The number of pyridine rings is 2. The van der Waals surface area contributed by atoms with Crippen LogP contribution in [0.1, 0.15) is 48.5 Å². The number of alkyl carbamates (subject to hydrolysis) is 2. The maximum absolute atomic E-state index is 13.0. The highest BCUT2D eigenvalue weighted by Gasteiger charge is 2.29. The summed E-state index contributed by atoms with van der Waals surface area (Å²) in [6, 6.07) is 22.5. The number of carbonyl (C=O) groups is 4. The van der Waals surface area contributed by atoms with Crippen LogP contribution in [0.4, 0.5) is 9.59 Å². The number of fused-ring (bicyclic) bond motifs is 4. The number of amides is 2. The molecule has 2 atom stereocenters. The van der Waals surface area contributed by atoms with Crippen LogP contribution in [0.2, 0.25) is 0 Å². The van der Waals surface area contributed by atoms with Crippen molar-refractivity contribution in [2.24, 2.45) is 14.1 Å². The van der Waals surface area contributed by atoms with Crippen LogP contribution >= 0.6 is 11.6 Å². The summed E-state index contributed by atoms with van der Waals surface area (Å²) in [6.45, 7) is 9.32. The molecular weight excluding hydrogens is 1020 g/mol. The molecule has 5 N–H and O–H groups in total. The zero-order valence-corrected chi connectivity index (χ0v) is 44.5. The standard InChI is InChI=1S/C24H26N4O7S.C22H25N3O7S.C2H3N.CH3Cl/c1-24(2,3)35-23(31)27-18(22(30)34-12-11-25)14-26-36(32,33)15-9-10-20-17(13-15)21(29)16-7-5-6-8-19(16)28(20)4;1-22(2,3)32-21(29)24-16(20(27)28)12-23-33(30,31)13-9-10-18-15(11-13)19(26)14-7-5-6-8-17(14)25(18)4;1-2-3;1-2/h5-10,13,18,26H,12,14H2,1-4H3,(H,27,31);5-11,16,23H,12H2,1-4H3,(H,24,29)(H,27,28);1H3;1H3/t18-;16-;;/m11../s1. The van der Waals surface area contributed by atoms with Crippen LogP contribution in [0, 0.1) is 22.7 Å². The maximum atomic E-state index is 13.0. The van der Waals surface area contributed by atoms with Gasteiger partial charge in [0.1, 0.15) is 29.4 Å². The lowest BCUT2D eigenvalue weighted by molar-refractivity contribution is -0.144. The largest absolute Gasteiger partial charge is 0.480 e. The van der Waals surface area contributed by atoms with Crippen LogP contribution in [-0.2, 0) is 57.9 Å². The molecule has 0 saturated carbocycles. The second-order valence-electron chi connectivity index (χ2n) is 17.6. The Balaban J connectivity index is 0.000000360. The van der Waals surface area contributed by atoms with Crippen LogP contribution in [0.25, 0.3) is 43.6 Å². The molecule has 0 aliphatic carbocycles. The predicted octanol–water partition coefficient (Wildman–Crippen LogP) is 5.26. The third-order valence-corrected chi connectivity index (χ3v) is 12.8. The van der Waals surface area contributed by atoms with Crippen LogP contribution in [0.3, 0.4) is 0 Å². The molecule has 2 amide bonds. The topological polar surface area (TPSA) is 324 Å². The highest BCUT2D eigenvalue weighted by atomic mass is 35.5. The van der Waals surface area contributed by atoms with Gasteiger partial charge in [0.2, 0.25) is 20.0 Å². The zero-order chi connectivity index (χ0) is 55.9. The van der Waals surface area contributed by atoms with Crippen molar-refractivity contribution in [2.45, 2.75) is 81.5 Å². The number of aryl methyl sites for hydroxylation is 2. The second-order valence-corrected chi connectivity index (χ2v) is 21.1. The molecule has 2 heterocycles. The minimum absolute atomic E-state index is 0.205. The first-order valence-electron chi connectivity index (χ1n) is 22.0. The molecule has 25 heteroatoms. The zero-order valence-electron chi connectivity index (χ0n) is 42.1. The Hall–Kier alpha value is -7.61. The number of aliphatic carboxylic acids is 1. The lowest BCUT2D eigenvalue weighted by atomic mass is 10.1. The molecule has 0 radical (unpaired) electrons. The fourth-order valence-electron chi connectivity index (χ4n) is 6.83. The van der Waals surface area contributed by atoms with Gasteiger partial charge in [-0.05, 0) is 102 Å². The SMILES string of the molecule is CC#N.CCl.Cn1c2ccccc2c(=O)c2cc(S(=O)(=O)NC[C@@H](NC(=O)OC(C)(C)C)C(=O)O)ccc21.Cn1c2ccccc2c(=O)c2cc(S(=O)(=O)NC[C@@H](NC(=O)OC(C)(C)C)C(=O)OCC#N)ccc21. The van der Waals surface area contributed by atoms with Gasteiger partial charge in [-0.15, -0.1) is 11.6 Å². The van der Waals surface area contributed by atoms with E-state index in [0.29, 0.717) is 32.8 Å². The molecule has 0 aliphatic rings. The van der Waals surface area contributed by atoms with Gasteiger partial charge in [0, 0.05) is 62.0 Å². The first kappa shape index (κ1) is 60.7. The van der Waals surface area contributed by atoms with Crippen molar-refractivity contribution in [1.82, 2.24) is 29.2 Å². The summed E-state index contributed by atoms with van der Waals surface area (Å²) in [5.41, 5.74) is 0.151. The van der Waals surface area contributed by atoms with E-state index in [1.165, 1.54) is 49.7 Å². The molecule has 0 fully saturated rings. The minimum Gasteiger partial charge on any atom is -0.480 e. The van der Waals surface area contributed by atoms with E-state index in [9.17, 15) is 50.7 Å². The molecule has 0 unspecified atom stereocenters. The number of halogens is 1. The van der Waals surface area contributed by atoms with E-state index in [1.807, 2.05) is 0 Å². The van der Waals surface area contributed by atoms with Crippen molar-refractivity contribution in [3.05, 3.63) is 105 Å². The molecular formula is C49H57ClN8O14S2. The van der Waals surface area contributed by atoms with E-state index in [0.717, 1.165) is 0 Å². The first-order valence-corrected chi connectivity index (χ1v) is 25.7. The fourth-order valence-corrected chi connectivity index (χ4v) is 8.97. The number of benzene rings is 4. The number of hydrogen-bond donors (Lipinski definition) is 5. The van der Waals surface area contributed by atoms with Gasteiger partial charge in [-0.3, -0.25) is 9.59 Å². The third-order valence-electron chi connectivity index (χ3n) is 9.99. The highest BCUT2D eigenvalue weighted by molar-refractivity contribution is 7.89. The summed E-state index contributed by atoms with van der Waals surface area (Å²) in [5.74, 6) is -2.47. The van der Waals surface area contributed by atoms with E-state index >= 15 is 0 Å². The molecule has 0 spiro atoms. The number of para-hydroxylation sites is 2. The molecule has 0 bridgehead atoms. The van der Waals surface area contributed by atoms with E-state index in [1.54, 1.807) is 125 Å². The summed E-state index contributed by atoms with van der Waals surface area (Å²) >= 11 is 4.64. The normalized spacial score (nSPS) is 12.2. The Labute approximate surface area is 431 Å². The summed E-state index contributed by atoms with van der Waals surface area (Å²) < 4.78 is 74.6. The summed E-state index contributed by atoms with van der Waals surface area (Å²) in [7, 11) is -4.86. The van der Waals surface area contributed by atoms with Crippen LogP contribution in [0.15, 0.2) is 104 Å². The van der Waals surface area contributed by atoms with Gasteiger partial charge in [-0.2, -0.15) is 10.5 Å². The van der Waals surface area contributed by atoms with Gasteiger partial charge in [-0.1, -0.05) is 24.3 Å². The molecule has 0 aliphatic heterocycles. The number of carboxylic acids is 1. The lowest BCUT2D eigenvalue weighted by Gasteiger charge is -2.23. The van der Waals surface area contributed by atoms with Gasteiger partial charge >= 0.3 is 24.1 Å². The molecule has 6 rings (SSSR count). The maximum Gasteiger partial charge on any atom is 0.408 e. The number of hydrogen-bond acceptors (Lipinski definition) is 15. The molecule has 2 aromatic heterocycles. The quantitative estimate of drug-likeness (QED) is 0.0426. The number of sulfonamides is 2. The molecule has 4 aromatic carbocycles. The second kappa shape index (κ2) is 25.9. The number of nitrogens with zero attached hydrogens (tertiary/aromatic N) is 4. The van der Waals surface area contributed by atoms with Gasteiger partial charge < -0.3 is 39.1 Å². The minimum atomic E-state index is -4.22. The number of nitrogens with one attached hydrogen (secondary N) is 4. The number of carboxylic acid groups (broad SMARTS) is 1. The van der Waals surface area contributed by atoms with Crippen LogP contribution < -0.4 is 30.9 Å². The van der Waals surface area contributed by atoms with Crippen molar-refractivity contribution in [3.63, 3.8) is 0 Å². The molecule has 0 saturated heterocycles. The number of rotatable bonds is 13. The number of nitriles is 2. The highest BCUT2D eigenvalue weighted by Crippen LogP contribution is 2.23. The summed E-state index contributed by atoms with van der Waals surface area (Å²) in [4.78, 5) is 73.4. The first-order chi connectivity index (χ1) is 34.5. The van der Waals surface area contributed by atoms with Gasteiger partial charge in [0.05, 0.1) is 37.9 Å². The number of alkyl halides is 1. The summed E-state index contributed by atoms with van der Waals surface area (Å²) in [5, 5.41) is 31.0. The third kappa shape index (κ3) is 16.2. The van der Waals surface area contributed by atoms with Gasteiger partial charge in [0.15, 0.2) is 17.5 Å². The van der Waals surface area contributed by atoms with Crippen molar-refractivity contribution >= 4 is 99.4 Å². The number of aromatic nitrogens is 2. The Bertz CT molecular complexity index is 3500. The monoisotopic (exact) mass is 1080 g/mol. The molecule has 6 aromatic rings. The van der Waals surface area contributed by atoms with E-state index < -0.39 is 87.2 Å². The van der Waals surface area contributed by atoms with Gasteiger partial charge in [-0.25, -0.2) is 45.5 Å². The Kier molecular flexibility index (Phi) is 21.2. The van der Waals surface area contributed by atoms with Crippen LogP contribution in [-0.4, -0.2) is 105 Å². The lowest BCUT2D eigenvalue weighted by Crippen LogP contribution is -2.50. The fraction of sp³-hybridized carbons (Fsp3) is 0.347. The van der Waals surface area contributed by atoms with Crippen LogP contribution in [0.5, 0.6) is 0 Å². The Morgan fingerprint density at radius 3 is 1.35 bits per heavy atom. The molecule has 396 valence electrons. The molecule has 74 heavy (non-hydrogen) atoms. The summed E-state index contributed by atoms with van der Waals surface area (Å²) in [6.07, 6.45) is -0.489. The number of esters is 1. The number of carbonyl (C=O) groups excluding carboxylic acids is 3. The Morgan fingerprint density at radius 2 is 0.986 bits per heavy atom. The van der Waals surface area contributed by atoms with Crippen molar-refractivity contribution in [1.29, 1.82) is 10.5 Å². The van der Waals surface area contributed by atoms with Crippen molar-refractivity contribution in [3.8, 4) is 12.1 Å². The van der Waals surface area contributed by atoms with Gasteiger partial charge in [0.25, 0.3) is 0 Å². The van der Waals surface area contributed by atoms with E-state index in [2.05, 4.69) is 31.7 Å². The van der Waals surface area contributed by atoms with E-state index in [-0.39, 0.29) is 31.4 Å². The average Bonchev–Trinajstić information content (AvgIpc) is 3.33. The van der Waals surface area contributed by atoms with E-state index in [4.69, 9.17) is 24.7 Å². The molecule has 22 nitrogen and oxygen atoms in total. The van der Waals surface area contributed by atoms with Crippen molar-refractivity contribution in [2.75, 3.05) is 26.1 Å². The smallest absolute Gasteiger partial charge is 0.408 e. The predicted molar refractivity (Wildman–Crippen MR) is 277 cm³/mol. The Morgan fingerprint density at radius 1 is 0.635 bits per heavy atom. The number of ether oxygens (including phenoxy) is 3. The average molecular weight is 1080 g/mol. The van der Waals surface area contributed by atoms with Crippen molar-refractivity contribution < 1.29 is 55.3 Å².